The number of nitrogens with zero attached hydrogens (tertiary/aromatic N) is 3. The Bertz CT molecular complexity index is 979. The third-order valence-corrected chi connectivity index (χ3v) is 6.25. The lowest BCUT2D eigenvalue weighted by atomic mass is 9.74. The van der Waals surface area contributed by atoms with Crippen LogP contribution < -0.4 is 0 Å². The van der Waals surface area contributed by atoms with E-state index < -0.39 is 6.04 Å². The number of carbonyl (C=O) groups excluding carboxylic acids is 1. The maximum absolute atomic E-state index is 13.0. The van der Waals surface area contributed by atoms with Crippen LogP contribution in [-0.4, -0.2) is 39.6 Å². The number of nitriles is 1. The van der Waals surface area contributed by atoms with E-state index in [4.69, 9.17) is 0 Å². The molecule has 2 heterocycles. The first-order valence-electron chi connectivity index (χ1n) is 10.6. The quantitative estimate of drug-likeness (QED) is 0.804. The van der Waals surface area contributed by atoms with E-state index in [0.717, 1.165) is 42.4 Å². The van der Waals surface area contributed by atoms with Gasteiger partial charge in [-0.2, -0.15) is 5.26 Å². The molecule has 0 spiro atoms. The first-order chi connectivity index (χ1) is 14.7. The van der Waals surface area contributed by atoms with Gasteiger partial charge in [-0.05, 0) is 42.7 Å². The summed E-state index contributed by atoms with van der Waals surface area (Å²) in [6, 6.07) is 13.0. The number of benzene rings is 1. The summed E-state index contributed by atoms with van der Waals surface area (Å²) in [7, 11) is 0. The van der Waals surface area contributed by atoms with Crippen LogP contribution >= 0.6 is 0 Å². The van der Waals surface area contributed by atoms with E-state index in [9.17, 15) is 15.2 Å². The van der Waals surface area contributed by atoms with Crippen molar-refractivity contribution in [3.63, 3.8) is 0 Å². The van der Waals surface area contributed by atoms with Crippen molar-refractivity contribution >= 4 is 5.91 Å². The summed E-state index contributed by atoms with van der Waals surface area (Å²) in [6.45, 7) is -0.135. The van der Waals surface area contributed by atoms with Crippen LogP contribution in [0.15, 0.2) is 48.8 Å². The van der Waals surface area contributed by atoms with Crippen molar-refractivity contribution in [2.75, 3.05) is 6.61 Å². The van der Waals surface area contributed by atoms with Gasteiger partial charge in [0.2, 0.25) is 5.91 Å². The predicted octanol–water partition coefficient (Wildman–Crippen LogP) is 3.24. The van der Waals surface area contributed by atoms with Crippen LogP contribution in [0.5, 0.6) is 0 Å². The lowest BCUT2D eigenvalue weighted by Gasteiger charge is -2.52. The molecule has 1 N–H and O–H groups in total. The summed E-state index contributed by atoms with van der Waals surface area (Å²) >= 11 is 0. The zero-order chi connectivity index (χ0) is 20.9. The first-order valence-corrected chi connectivity index (χ1v) is 10.6. The number of rotatable bonds is 3. The molecule has 1 amide bonds. The highest BCUT2D eigenvalue weighted by atomic mass is 16.3. The Balaban J connectivity index is 1.50. The van der Waals surface area contributed by atoms with E-state index in [1.165, 1.54) is 6.42 Å². The van der Waals surface area contributed by atoms with Gasteiger partial charge in [-0.15, -0.1) is 0 Å². The molecule has 2 aliphatic rings. The molecule has 2 aromatic rings. The van der Waals surface area contributed by atoms with Gasteiger partial charge >= 0.3 is 0 Å². The van der Waals surface area contributed by atoms with Crippen LogP contribution in [-0.2, 0) is 4.79 Å². The lowest BCUT2D eigenvalue weighted by Crippen LogP contribution is -2.66. The summed E-state index contributed by atoms with van der Waals surface area (Å²) in [5.74, 6) is 6.05. The van der Waals surface area contributed by atoms with Crippen LogP contribution in [0.4, 0.5) is 0 Å². The zero-order valence-corrected chi connectivity index (χ0v) is 16.9. The van der Waals surface area contributed by atoms with Gasteiger partial charge in [0.15, 0.2) is 0 Å². The number of hydrogen-bond acceptors (Lipinski definition) is 4. The molecule has 0 radical (unpaired) electrons. The summed E-state index contributed by atoms with van der Waals surface area (Å²) in [4.78, 5) is 18.7. The number of likely N-dealkylation sites (tertiary alicyclic amines) is 1. The molecule has 0 bridgehead atoms. The Hall–Kier alpha value is -3.15. The maximum Gasteiger partial charge on any atom is 0.227 e. The molecular formula is C25H25N3O2. The molecule has 1 saturated carbocycles. The molecule has 30 heavy (non-hydrogen) atoms. The molecule has 3 atom stereocenters. The fourth-order valence-corrected chi connectivity index (χ4v) is 4.64. The minimum absolute atomic E-state index is 0.00488. The van der Waals surface area contributed by atoms with Gasteiger partial charge in [-0.3, -0.25) is 9.78 Å². The van der Waals surface area contributed by atoms with Crippen LogP contribution in [0.3, 0.4) is 0 Å². The second-order valence-electron chi connectivity index (χ2n) is 8.04. The zero-order valence-electron chi connectivity index (χ0n) is 16.9. The predicted molar refractivity (Wildman–Crippen MR) is 113 cm³/mol. The van der Waals surface area contributed by atoms with Gasteiger partial charge in [0.25, 0.3) is 0 Å². The number of pyridine rings is 1. The van der Waals surface area contributed by atoms with E-state index in [2.05, 4.69) is 22.9 Å². The van der Waals surface area contributed by atoms with E-state index in [0.29, 0.717) is 0 Å². The van der Waals surface area contributed by atoms with Crippen molar-refractivity contribution in [2.45, 2.75) is 50.1 Å². The molecule has 5 heteroatoms. The van der Waals surface area contributed by atoms with Gasteiger partial charge in [-0.1, -0.05) is 43.2 Å². The highest BCUT2D eigenvalue weighted by molar-refractivity contribution is 5.81. The van der Waals surface area contributed by atoms with Crippen molar-refractivity contribution in [2.24, 2.45) is 5.92 Å². The van der Waals surface area contributed by atoms with E-state index in [1.807, 2.05) is 36.4 Å². The number of aromatic nitrogens is 1. The van der Waals surface area contributed by atoms with Crippen LogP contribution in [0.25, 0.3) is 0 Å². The Morgan fingerprint density at radius 2 is 1.83 bits per heavy atom. The topological polar surface area (TPSA) is 77.2 Å². The summed E-state index contributed by atoms with van der Waals surface area (Å²) in [6.07, 6.45) is 8.52. The molecule has 1 aliphatic carbocycles. The van der Waals surface area contributed by atoms with Gasteiger partial charge < -0.3 is 10.0 Å². The van der Waals surface area contributed by atoms with E-state index in [1.54, 1.807) is 17.3 Å². The Morgan fingerprint density at radius 1 is 1.10 bits per heavy atom. The highest BCUT2D eigenvalue weighted by Gasteiger charge is 2.52. The number of hydrogen-bond donors (Lipinski definition) is 1. The Kier molecular flexibility index (Phi) is 6.12. The average molecular weight is 399 g/mol. The minimum Gasteiger partial charge on any atom is -0.394 e. The van der Waals surface area contributed by atoms with Crippen molar-refractivity contribution in [3.05, 3.63) is 65.5 Å². The van der Waals surface area contributed by atoms with Crippen molar-refractivity contribution in [1.29, 1.82) is 5.26 Å². The van der Waals surface area contributed by atoms with Crippen molar-refractivity contribution in [1.82, 2.24) is 9.88 Å². The summed E-state index contributed by atoms with van der Waals surface area (Å²) in [5, 5.41) is 19.7. The highest BCUT2D eigenvalue weighted by Crippen LogP contribution is 2.42. The second kappa shape index (κ2) is 9.11. The van der Waals surface area contributed by atoms with Crippen LogP contribution in [0, 0.1) is 29.1 Å². The number of amides is 1. The van der Waals surface area contributed by atoms with Gasteiger partial charge in [0.05, 0.1) is 18.7 Å². The van der Waals surface area contributed by atoms with E-state index in [-0.39, 0.29) is 30.4 Å². The fourth-order valence-electron chi connectivity index (χ4n) is 4.64. The van der Waals surface area contributed by atoms with Crippen molar-refractivity contribution in [3.8, 4) is 17.9 Å². The molecule has 1 aliphatic heterocycles. The summed E-state index contributed by atoms with van der Waals surface area (Å²) < 4.78 is 0. The molecule has 4 rings (SSSR count). The third-order valence-electron chi connectivity index (χ3n) is 6.25. The second-order valence-corrected chi connectivity index (χ2v) is 8.04. The summed E-state index contributed by atoms with van der Waals surface area (Å²) in [5.41, 5.74) is 2.67. The maximum atomic E-state index is 13.0. The Morgan fingerprint density at radius 3 is 2.47 bits per heavy atom. The van der Waals surface area contributed by atoms with Gasteiger partial charge in [0.1, 0.15) is 6.04 Å². The van der Waals surface area contributed by atoms with Crippen LogP contribution in [0.2, 0.25) is 0 Å². The largest absolute Gasteiger partial charge is 0.394 e. The molecule has 5 nitrogen and oxygen atoms in total. The molecule has 2 fully saturated rings. The molecular weight excluding hydrogens is 374 g/mol. The fraction of sp³-hybridized carbons (Fsp3) is 0.400. The van der Waals surface area contributed by atoms with Gasteiger partial charge in [-0.25, -0.2) is 0 Å². The molecule has 0 unspecified atom stereocenters. The minimum atomic E-state index is -0.524. The number of carbonyl (C=O) groups is 1. The average Bonchev–Trinajstić information content (AvgIpc) is 2.79. The SMILES string of the molecule is N#C[C@@H]1[C@@H](c2ccc(C#Cc3cccnc3)cc2)[C@@H](CO)N1C(=O)C1CCCCC1. The third kappa shape index (κ3) is 3.95. The monoisotopic (exact) mass is 399 g/mol. The van der Waals surface area contributed by atoms with Gasteiger partial charge in [0, 0.05) is 35.4 Å². The Labute approximate surface area is 177 Å². The van der Waals surface area contributed by atoms with Crippen molar-refractivity contribution < 1.29 is 9.90 Å². The molecule has 152 valence electrons. The lowest BCUT2D eigenvalue weighted by molar-refractivity contribution is -0.152. The molecule has 1 aromatic heterocycles. The standard InChI is InChI=1S/C25H25N3O2/c26-15-22-24(23(17-29)28(22)25(30)21-6-2-1-3-7-21)20-12-10-18(11-13-20)8-9-19-5-4-14-27-16-19/h4-5,10-14,16,21-24,29H,1-3,6-7,17H2/t22-,23-,24-/m1/s1. The molecule has 1 aromatic carbocycles. The van der Waals surface area contributed by atoms with Crippen LogP contribution in [0.1, 0.15) is 54.7 Å². The smallest absolute Gasteiger partial charge is 0.227 e. The number of aliphatic hydroxyl groups is 1. The van der Waals surface area contributed by atoms with E-state index >= 15 is 0 Å². The molecule has 1 saturated heterocycles. The first kappa shape index (κ1) is 20.1. The number of aliphatic hydroxyl groups excluding tert-OH is 1. The normalized spacial score (nSPS) is 23.6.